The van der Waals surface area contributed by atoms with Gasteiger partial charge >= 0.3 is 5.69 Å². The Labute approximate surface area is 121 Å². The number of aromatic nitrogens is 1. The molecule has 0 unspecified atom stereocenters. The van der Waals surface area contributed by atoms with E-state index in [1.165, 1.54) is 6.07 Å². The maximum Gasteiger partial charge on any atom is 0.311 e. The van der Waals surface area contributed by atoms with Crippen LogP contribution in [0, 0.1) is 10.1 Å². The summed E-state index contributed by atoms with van der Waals surface area (Å²) >= 11 is 5.44. The van der Waals surface area contributed by atoms with Crippen LogP contribution in [0.1, 0.15) is 12.8 Å². The number of nitrogens with zero attached hydrogens (tertiary/aromatic N) is 3. The van der Waals surface area contributed by atoms with Crippen LogP contribution in [0.3, 0.4) is 0 Å². The van der Waals surface area contributed by atoms with Crippen molar-refractivity contribution < 1.29 is 9.72 Å². The van der Waals surface area contributed by atoms with Gasteiger partial charge in [-0.1, -0.05) is 0 Å². The van der Waals surface area contributed by atoms with Crippen LogP contribution in [-0.4, -0.2) is 40.8 Å². The predicted octanol–water partition coefficient (Wildman–Crippen LogP) is 1.31. The number of piperidine rings is 1. The zero-order valence-electron chi connectivity index (χ0n) is 10.8. The lowest BCUT2D eigenvalue weighted by Gasteiger charge is -2.32. The van der Waals surface area contributed by atoms with E-state index in [0.29, 0.717) is 18.9 Å². The van der Waals surface area contributed by atoms with Gasteiger partial charge in [0.05, 0.1) is 4.92 Å². The van der Waals surface area contributed by atoms with Crippen molar-refractivity contribution in [3.8, 4) is 0 Å². The van der Waals surface area contributed by atoms with E-state index >= 15 is 0 Å². The van der Waals surface area contributed by atoms with E-state index in [1.807, 2.05) is 4.90 Å². The third-order valence-corrected chi connectivity index (χ3v) is 3.49. The lowest BCUT2D eigenvalue weighted by Crippen LogP contribution is -2.45. The molecule has 1 N–H and O–H groups in total. The molecule has 1 aliphatic heterocycles. The van der Waals surface area contributed by atoms with Crippen LogP contribution in [0.5, 0.6) is 0 Å². The second-order valence-corrected chi connectivity index (χ2v) is 4.83. The Kier molecular flexibility index (Phi) is 4.73. The summed E-state index contributed by atoms with van der Waals surface area (Å²) < 4.78 is 0. The Bertz CT molecular complexity index is 503. The highest BCUT2D eigenvalue weighted by Gasteiger charge is 2.26. The fourth-order valence-corrected chi connectivity index (χ4v) is 2.35. The van der Waals surface area contributed by atoms with E-state index in [2.05, 4.69) is 10.3 Å². The van der Waals surface area contributed by atoms with Gasteiger partial charge in [0.15, 0.2) is 0 Å². The highest BCUT2D eigenvalue weighted by Crippen LogP contribution is 2.27. The summed E-state index contributed by atoms with van der Waals surface area (Å²) in [4.78, 5) is 27.7. The summed E-state index contributed by atoms with van der Waals surface area (Å²) in [5.41, 5.74) is 0.00995. The third-order valence-electron chi connectivity index (χ3n) is 3.24. The van der Waals surface area contributed by atoms with Crippen molar-refractivity contribution in [3.63, 3.8) is 0 Å². The van der Waals surface area contributed by atoms with Gasteiger partial charge in [0.2, 0.25) is 11.7 Å². The molecule has 0 aliphatic carbocycles. The second kappa shape index (κ2) is 6.51. The lowest BCUT2D eigenvalue weighted by molar-refractivity contribution is -0.384. The molecule has 20 heavy (non-hydrogen) atoms. The van der Waals surface area contributed by atoms with Crippen LogP contribution in [0.2, 0.25) is 0 Å². The minimum atomic E-state index is -0.427. The maximum absolute atomic E-state index is 11.2. The third kappa shape index (κ3) is 3.36. The van der Waals surface area contributed by atoms with Crippen LogP contribution in [0.25, 0.3) is 0 Å². The molecule has 0 bridgehead atoms. The number of hydrogen-bond acceptors (Lipinski definition) is 5. The molecule has 2 rings (SSSR count). The second-order valence-electron chi connectivity index (χ2n) is 4.57. The van der Waals surface area contributed by atoms with Crippen molar-refractivity contribution >= 4 is 29.0 Å². The van der Waals surface area contributed by atoms with Crippen LogP contribution >= 0.6 is 11.6 Å². The predicted molar refractivity (Wildman–Crippen MR) is 75.0 cm³/mol. The number of carbonyl (C=O) groups is 1. The molecule has 7 nitrogen and oxygen atoms in total. The number of rotatable bonds is 4. The SMILES string of the molecule is O=C(CCl)NC1CCN(c2ncccc2[N+](=O)[O-])CC1. The molecule has 1 aliphatic rings. The van der Waals surface area contributed by atoms with E-state index in [1.54, 1.807) is 12.3 Å². The highest BCUT2D eigenvalue weighted by atomic mass is 35.5. The summed E-state index contributed by atoms with van der Waals surface area (Å²) in [6.07, 6.45) is 2.98. The quantitative estimate of drug-likeness (QED) is 0.514. The van der Waals surface area contributed by atoms with Crippen LogP contribution < -0.4 is 10.2 Å². The summed E-state index contributed by atoms with van der Waals surface area (Å²) in [7, 11) is 0. The van der Waals surface area contributed by atoms with E-state index in [0.717, 1.165) is 12.8 Å². The molecule has 0 atom stereocenters. The average molecular weight is 299 g/mol. The molecule has 0 aromatic carbocycles. The van der Waals surface area contributed by atoms with E-state index in [4.69, 9.17) is 11.6 Å². The van der Waals surface area contributed by atoms with Crippen LogP contribution in [-0.2, 0) is 4.79 Å². The Balaban J connectivity index is 2.01. The molecule has 0 radical (unpaired) electrons. The standard InChI is InChI=1S/C12H15ClN4O3/c13-8-11(18)15-9-3-6-16(7-4-9)12-10(17(19)20)2-1-5-14-12/h1-2,5,9H,3-4,6-8H2,(H,15,18). The summed E-state index contributed by atoms with van der Waals surface area (Å²) in [6, 6.07) is 3.07. The first-order chi connectivity index (χ1) is 9.61. The van der Waals surface area contributed by atoms with Gasteiger partial charge in [-0.3, -0.25) is 14.9 Å². The molecule has 1 aromatic heterocycles. The molecular formula is C12H15ClN4O3. The van der Waals surface area contributed by atoms with Gasteiger partial charge in [0.25, 0.3) is 0 Å². The van der Waals surface area contributed by atoms with E-state index in [9.17, 15) is 14.9 Å². The van der Waals surface area contributed by atoms with Crippen molar-refractivity contribution in [2.24, 2.45) is 0 Å². The van der Waals surface area contributed by atoms with Crippen molar-refractivity contribution in [1.82, 2.24) is 10.3 Å². The van der Waals surface area contributed by atoms with Crippen molar-refractivity contribution in [2.45, 2.75) is 18.9 Å². The molecule has 108 valence electrons. The molecular weight excluding hydrogens is 284 g/mol. The minimum Gasteiger partial charge on any atom is -0.352 e. The molecule has 8 heteroatoms. The number of nitrogens with one attached hydrogen (secondary N) is 1. The van der Waals surface area contributed by atoms with E-state index < -0.39 is 4.92 Å². The molecule has 0 spiro atoms. The number of pyridine rings is 1. The van der Waals surface area contributed by atoms with Gasteiger partial charge in [-0.2, -0.15) is 0 Å². The number of halogens is 1. The molecule has 1 saturated heterocycles. The topological polar surface area (TPSA) is 88.4 Å². The fourth-order valence-electron chi connectivity index (χ4n) is 2.28. The first-order valence-electron chi connectivity index (χ1n) is 6.31. The first-order valence-corrected chi connectivity index (χ1v) is 6.85. The summed E-state index contributed by atoms with van der Waals surface area (Å²) in [5.74, 6) is 0.153. The number of hydrogen-bond donors (Lipinski definition) is 1. The largest absolute Gasteiger partial charge is 0.352 e. The number of carbonyl (C=O) groups excluding carboxylic acids is 1. The van der Waals surface area contributed by atoms with Gasteiger partial charge < -0.3 is 10.2 Å². The Morgan fingerprint density at radius 1 is 1.55 bits per heavy atom. The molecule has 1 aromatic rings. The van der Waals surface area contributed by atoms with Crippen molar-refractivity contribution in [2.75, 3.05) is 23.9 Å². The van der Waals surface area contributed by atoms with Gasteiger partial charge in [-0.15, -0.1) is 11.6 Å². The van der Waals surface area contributed by atoms with E-state index in [-0.39, 0.29) is 23.5 Å². The Morgan fingerprint density at radius 2 is 2.25 bits per heavy atom. The van der Waals surface area contributed by atoms with Gasteiger partial charge in [-0.05, 0) is 18.9 Å². The summed E-state index contributed by atoms with van der Waals surface area (Å²) in [5, 5.41) is 13.8. The van der Waals surface area contributed by atoms with Crippen molar-refractivity contribution in [3.05, 3.63) is 28.4 Å². The first kappa shape index (κ1) is 14.5. The zero-order valence-corrected chi connectivity index (χ0v) is 11.5. The summed E-state index contributed by atoms with van der Waals surface area (Å²) in [6.45, 7) is 1.23. The molecule has 1 amide bonds. The Morgan fingerprint density at radius 3 is 2.85 bits per heavy atom. The number of nitro groups is 1. The molecule has 2 heterocycles. The molecule has 1 fully saturated rings. The fraction of sp³-hybridized carbons (Fsp3) is 0.500. The minimum absolute atomic E-state index is 0.00995. The maximum atomic E-state index is 11.2. The normalized spacial score (nSPS) is 15.9. The molecule has 0 saturated carbocycles. The van der Waals surface area contributed by atoms with Gasteiger partial charge in [0, 0.05) is 31.4 Å². The van der Waals surface area contributed by atoms with Gasteiger partial charge in [-0.25, -0.2) is 4.98 Å². The number of anilines is 1. The van der Waals surface area contributed by atoms with Crippen molar-refractivity contribution in [1.29, 1.82) is 0 Å². The van der Waals surface area contributed by atoms with Crippen LogP contribution in [0.4, 0.5) is 11.5 Å². The highest BCUT2D eigenvalue weighted by molar-refractivity contribution is 6.27. The lowest BCUT2D eigenvalue weighted by atomic mass is 10.0. The Hall–Kier alpha value is -1.89. The smallest absolute Gasteiger partial charge is 0.311 e. The van der Waals surface area contributed by atoms with Gasteiger partial charge in [0.1, 0.15) is 5.88 Å². The number of alkyl halides is 1. The zero-order chi connectivity index (χ0) is 14.5. The monoisotopic (exact) mass is 298 g/mol. The number of amides is 1. The van der Waals surface area contributed by atoms with Crippen LogP contribution in [0.15, 0.2) is 18.3 Å². The average Bonchev–Trinajstić information content (AvgIpc) is 2.48.